The van der Waals surface area contributed by atoms with E-state index in [2.05, 4.69) is 27.7 Å². The van der Waals surface area contributed by atoms with Crippen LogP contribution in [0.4, 0.5) is 4.79 Å². The molecule has 2 aromatic heterocycles. The Balaban J connectivity index is 1.41. The minimum atomic E-state index is 0.0276. The smallest absolute Gasteiger partial charge is 0.317 e. The van der Waals surface area contributed by atoms with Crippen LogP contribution in [0.15, 0.2) is 40.3 Å². The van der Waals surface area contributed by atoms with E-state index in [-0.39, 0.29) is 12.1 Å². The number of hydrogen-bond donors (Lipinski definition) is 1. The molecule has 0 aliphatic carbocycles. The van der Waals surface area contributed by atoms with E-state index in [0.29, 0.717) is 0 Å². The number of nitrogens with zero attached hydrogens (tertiary/aromatic N) is 2. The van der Waals surface area contributed by atoms with Gasteiger partial charge in [0.2, 0.25) is 0 Å². The first-order valence-corrected chi connectivity index (χ1v) is 8.91. The molecule has 3 rings (SSSR count). The van der Waals surface area contributed by atoms with Gasteiger partial charge in [0, 0.05) is 50.1 Å². The van der Waals surface area contributed by atoms with E-state index < -0.39 is 0 Å². The normalized spacial score (nSPS) is 17.2. The summed E-state index contributed by atoms with van der Waals surface area (Å²) in [6.07, 6.45) is 2.38. The summed E-state index contributed by atoms with van der Waals surface area (Å²) in [5.41, 5.74) is 0. The summed E-state index contributed by atoms with van der Waals surface area (Å²) in [6, 6.07) is 8.16. The Kier molecular flexibility index (Phi) is 5.35. The van der Waals surface area contributed by atoms with Crippen molar-refractivity contribution in [2.45, 2.75) is 25.9 Å². The first-order valence-electron chi connectivity index (χ1n) is 8.03. The quantitative estimate of drug-likeness (QED) is 0.915. The van der Waals surface area contributed by atoms with Crippen LogP contribution in [-0.2, 0) is 13.0 Å². The number of carbonyl (C=O) groups excluding carboxylic acids is 1. The standard InChI is InChI=1S/C17H23N3O2S/c1-14(12-15-4-2-10-22-15)18-17(21)20-8-6-19(7-9-20)13-16-5-3-11-23-16/h2-5,10-11,14H,6-9,12-13H2,1H3,(H,18,21). The molecule has 0 saturated carbocycles. The molecule has 3 heterocycles. The number of rotatable bonds is 5. The molecule has 1 fully saturated rings. The van der Waals surface area contributed by atoms with E-state index in [0.717, 1.165) is 44.9 Å². The zero-order chi connectivity index (χ0) is 16.1. The predicted octanol–water partition coefficient (Wildman–Crippen LogP) is 2.80. The van der Waals surface area contributed by atoms with Crippen LogP contribution in [0.3, 0.4) is 0 Å². The van der Waals surface area contributed by atoms with E-state index in [1.165, 1.54) is 4.88 Å². The second-order valence-corrected chi connectivity index (χ2v) is 7.01. The molecule has 2 amide bonds. The molecule has 1 atom stereocenters. The molecule has 0 radical (unpaired) electrons. The maximum Gasteiger partial charge on any atom is 0.317 e. The number of hydrogen-bond acceptors (Lipinski definition) is 4. The summed E-state index contributed by atoms with van der Waals surface area (Å²) in [7, 11) is 0. The number of nitrogens with one attached hydrogen (secondary N) is 1. The monoisotopic (exact) mass is 333 g/mol. The summed E-state index contributed by atoms with van der Waals surface area (Å²) >= 11 is 1.79. The second kappa shape index (κ2) is 7.66. The maximum absolute atomic E-state index is 12.3. The Bertz CT molecular complexity index is 589. The third-order valence-electron chi connectivity index (χ3n) is 4.08. The second-order valence-electron chi connectivity index (χ2n) is 5.98. The summed E-state index contributed by atoms with van der Waals surface area (Å²) in [4.78, 5) is 18.0. The molecule has 0 spiro atoms. The van der Waals surface area contributed by atoms with Gasteiger partial charge in [-0.25, -0.2) is 4.79 Å². The van der Waals surface area contributed by atoms with Crippen LogP contribution < -0.4 is 5.32 Å². The van der Waals surface area contributed by atoms with Gasteiger partial charge in [-0.3, -0.25) is 4.90 Å². The molecule has 6 heteroatoms. The highest BCUT2D eigenvalue weighted by Gasteiger charge is 2.22. The molecule has 124 valence electrons. The first kappa shape index (κ1) is 16.1. The van der Waals surface area contributed by atoms with Crippen molar-refractivity contribution >= 4 is 17.4 Å². The zero-order valence-corrected chi connectivity index (χ0v) is 14.2. The lowest BCUT2D eigenvalue weighted by molar-refractivity contribution is 0.134. The Morgan fingerprint density at radius 1 is 1.30 bits per heavy atom. The average molecular weight is 333 g/mol. The fourth-order valence-electron chi connectivity index (χ4n) is 2.82. The molecule has 1 saturated heterocycles. The van der Waals surface area contributed by atoms with E-state index in [1.807, 2.05) is 24.0 Å². The Morgan fingerprint density at radius 3 is 2.78 bits per heavy atom. The number of amides is 2. The lowest BCUT2D eigenvalue weighted by atomic mass is 10.2. The van der Waals surface area contributed by atoms with Crippen molar-refractivity contribution < 1.29 is 9.21 Å². The lowest BCUT2D eigenvalue weighted by Gasteiger charge is -2.35. The van der Waals surface area contributed by atoms with Gasteiger partial charge in [0.15, 0.2) is 0 Å². The molecular weight excluding hydrogens is 310 g/mol. The predicted molar refractivity (Wildman–Crippen MR) is 91.6 cm³/mol. The van der Waals surface area contributed by atoms with Crippen molar-refractivity contribution in [2.75, 3.05) is 26.2 Å². The topological polar surface area (TPSA) is 48.7 Å². The van der Waals surface area contributed by atoms with Crippen molar-refractivity contribution in [3.8, 4) is 0 Å². The largest absolute Gasteiger partial charge is 0.469 e. The van der Waals surface area contributed by atoms with Gasteiger partial charge in [-0.2, -0.15) is 0 Å². The fraction of sp³-hybridized carbons (Fsp3) is 0.471. The van der Waals surface area contributed by atoms with E-state index in [1.54, 1.807) is 17.6 Å². The van der Waals surface area contributed by atoms with Gasteiger partial charge in [0.05, 0.1) is 6.26 Å². The molecular formula is C17H23N3O2S. The minimum Gasteiger partial charge on any atom is -0.469 e. The molecule has 2 aromatic rings. The Morgan fingerprint density at radius 2 is 2.13 bits per heavy atom. The molecule has 1 N–H and O–H groups in total. The third kappa shape index (κ3) is 4.59. The van der Waals surface area contributed by atoms with Gasteiger partial charge in [0.1, 0.15) is 5.76 Å². The van der Waals surface area contributed by atoms with Gasteiger partial charge in [-0.05, 0) is 30.5 Å². The third-order valence-corrected chi connectivity index (χ3v) is 4.94. The summed E-state index contributed by atoms with van der Waals surface area (Å²) in [5.74, 6) is 0.901. The maximum atomic E-state index is 12.3. The van der Waals surface area contributed by atoms with Crippen molar-refractivity contribution in [3.63, 3.8) is 0 Å². The lowest BCUT2D eigenvalue weighted by Crippen LogP contribution is -2.53. The zero-order valence-electron chi connectivity index (χ0n) is 13.4. The molecule has 1 aliphatic rings. The summed E-state index contributed by atoms with van der Waals surface area (Å²) in [6.45, 7) is 6.42. The van der Waals surface area contributed by atoms with Gasteiger partial charge >= 0.3 is 6.03 Å². The SMILES string of the molecule is CC(Cc1ccco1)NC(=O)N1CCN(Cc2cccs2)CC1. The fourth-order valence-corrected chi connectivity index (χ4v) is 3.56. The van der Waals surface area contributed by atoms with E-state index in [4.69, 9.17) is 4.42 Å². The van der Waals surface area contributed by atoms with Crippen molar-refractivity contribution in [2.24, 2.45) is 0 Å². The Hall–Kier alpha value is -1.79. The molecule has 0 aromatic carbocycles. The van der Waals surface area contributed by atoms with Crippen LogP contribution in [0.2, 0.25) is 0 Å². The molecule has 1 aliphatic heterocycles. The number of carbonyl (C=O) groups is 1. The van der Waals surface area contributed by atoms with Crippen LogP contribution in [0.1, 0.15) is 17.6 Å². The van der Waals surface area contributed by atoms with E-state index >= 15 is 0 Å². The van der Waals surface area contributed by atoms with Gasteiger partial charge < -0.3 is 14.6 Å². The minimum absolute atomic E-state index is 0.0276. The van der Waals surface area contributed by atoms with Crippen molar-refractivity contribution in [1.82, 2.24) is 15.1 Å². The number of thiophene rings is 1. The molecule has 0 bridgehead atoms. The van der Waals surface area contributed by atoms with Crippen molar-refractivity contribution in [3.05, 3.63) is 46.5 Å². The highest BCUT2D eigenvalue weighted by atomic mass is 32.1. The molecule has 1 unspecified atom stereocenters. The highest BCUT2D eigenvalue weighted by molar-refractivity contribution is 7.09. The average Bonchev–Trinajstić information content (AvgIpc) is 3.21. The van der Waals surface area contributed by atoms with Crippen LogP contribution >= 0.6 is 11.3 Å². The van der Waals surface area contributed by atoms with Crippen LogP contribution in [0.5, 0.6) is 0 Å². The van der Waals surface area contributed by atoms with Crippen LogP contribution in [0.25, 0.3) is 0 Å². The molecule has 5 nitrogen and oxygen atoms in total. The number of furan rings is 1. The van der Waals surface area contributed by atoms with Crippen LogP contribution in [-0.4, -0.2) is 48.1 Å². The highest BCUT2D eigenvalue weighted by Crippen LogP contribution is 2.13. The molecule has 23 heavy (non-hydrogen) atoms. The summed E-state index contributed by atoms with van der Waals surface area (Å²) in [5, 5.41) is 5.17. The Labute approximate surface area is 140 Å². The van der Waals surface area contributed by atoms with Gasteiger partial charge in [0.25, 0.3) is 0 Å². The van der Waals surface area contributed by atoms with E-state index in [9.17, 15) is 4.79 Å². The van der Waals surface area contributed by atoms with Crippen molar-refractivity contribution in [1.29, 1.82) is 0 Å². The van der Waals surface area contributed by atoms with Gasteiger partial charge in [-0.1, -0.05) is 6.07 Å². The number of piperazine rings is 1. The van der Waals surface area contributed by atoms with Crippen LogP contribution in [0, 0.1) is 0 Å². The first-order chi connectivity index (χ1) is 11.2. The number of urea groups is 1. The summed E-state index contributed by atoms with van der Waals surface area (Å²) < 4.78 is 5.32. The van der Waals surface area contributed by atoms with Gasteiger partial charge in [-0.15, -0.1) is 11.3 Å².